The highest BCUT2D eigenvalue weighted by atomic mass is 16.9. The summed E-state index contributed by atoms with van der Waals surface area (Å²) in [6.07, 6.45) is 0. The Morgan fingerprint density at radius 3 is 2.11 bits per heavy atom. The zero-order chi connectivity index (χ0) is 7.49. The average Bonchev–Trinajstić information content (AvgIpc) is 1.86. The van der Waals surface area contributed by atoms with Gasteiger partial charge in [0.1, 0.15) is 0 Å². The molecule has 0 fully saturated rings. The first-order chi connectivity index (χ1) is 4.04. The fourth-order valence-corrected chi connectivity index (χ4v) is 0.357. The van der Waals surface area contributed by atoms with Crippen LogP contribution in [0.1, 0.15) is 13.8 Å². The molecule has 0 aromatic carbocycles. The van der Waals surface area contributed by atoms with Crippen LogP contribution in [0.2, 0.25) is 0 Å². The van der Waals surface area contributed by atoms with Crippen molar-refractivity contribution < 1.29 is 10.1 Å². The summed E-state index contributed by atoms with van der Waals surface area (Å²) in [5, 5.41) is 13.4. The van der Waals surface area contributed by atoms with Crippen molar-refractivity contribution in [3.63, 3.8) is 0 Å². The molecule has 0 aliphatic heterocycles. The molecule has 0 rings (SSSR count). The maximum Gasteiger partial charge on any atom is 0.175 e. The summed E-state index contributed by atoms with van der Waals surface area (Å²) in [7, 11) is 3.10. The van der Waals surface area contributed by atoms with Gasteiger partial charge in [-0.15, -0.1) is 0 Å². The third-order valence-electron chi connectivity index (χ3n) is 1.32. The highest BCUT2D eigenvalue weighted by Gasteiger charge is 2.22. The quantitative estimate of drug-likeness (QED) is 0.380. The minimum absolute atomic E-state index is 0.245. The van der Waals surface area contributed by atoms with Crippen molar-refractivity contribution in [2.24, 2.45) is 0 Å². The zero-order valence-electron chi connectivity index (χ0n) is 6.32. The van der Waals surface area contributed by atoms with Crippen molar-refractivity contribution in [2.45, 2.75) is 19.5 Å². The molecule has 0 heterocycles. The molecule has 0 saturated carbocycles. The van der Waals surface area contributed by atoms with E-state index in [0.29, 0.717) is 0 Å². The Hall–Kier alpha value is -0.160. The number of quaternary nitrogens is 1. The second-order valence-corrected chi connectivity index (χ2v) is 2.37. The second kappa shape index (κ2) is 3.12. The molecule has 0 aliphatic rings. The Labute approximate surface area is 55.3 Å². The highest BCUT2D eigenvalue weighted by Crippen LogP contribution is 1.85. The molecule has 0 saturated heterocycles. The van der Waals surface area contributed by atoms with E-state index in [1.165, 1.54) is 7.11 Å². The van der Waals surface area contributed by atoms with Gasteiger partial charge in [-0.2, -0.15) is 0 Å². The van der Waals surface area contributed by atoms with Gasteiger partial charge in [-0.3, -0.25) is 5.32 Å². The predicted molar refractivity (Wildman–Crippen MR) is 34.5 cm³/mol. The number of hydrogen-bond donors (Lipinski definition) is 2. The highest BCUT2D eigenvalue weighted by molar-refractivity contribution is 4.56. The number of nitrogens with one attached hydrogen (secondary N) is 2. The summed E-state index contributed by atoms with van der Waals surface area (Å²) in [5.74, 6) is 0. The fraction of sp³-hybridized carbons (Fsp3) is 1.00. The fourth-order valence-electron chi connectivity index (χ4n) is 0.357. The van der Waals surface area contributed by atoms with E-state index >= 15 is 0 Å². The molecule has 1 unspecified atom stereocenters. The van der Waals surface area contributed by atoms with E-state index in [0.717, 1.165) is 0 Å². The predicted octanol–water partition coefficient (Wildman–Crippen LogP) is -1.11. The standard InChI is InChI=1S/C5H14N2O2/c1-5(2,6-3)7(8)9-4/h6-7H,1-4H3. The molecule has 0 aromatic heterocycles. The lowest BCUT2D eigenvalue weighted by Crippen LogP contribution is -3.16. The molecule has 0 spiro atoms. The lowest BCUT2D eigenvalue weighted by atomic mass is 10.3. The third kappa shape index (κ3) is 2.28. The van der Waals surface area contributed by atoms with Crippen LogP contribution in [0.4, 0.5) is 0 Å². The molecule has 4 nitrogen and oxygen atoms in total. The first-order valence-corrected chi connectivity index (χ1v) is 2.82. The smallest absolute Gasteiger partial charge is 0.175 e. The van der Waals surface area contributed by atoms with E-state index in [1.54, 1.807) is 20.9 Å². The van der Waals surface area contributed by atoms with Crippen LogP contribution in [0.25, 0.3) is 0 Å². The van der Waals surface area contributed by atoms with E-state index < -0.39 is 5.66 Å². The summed E-state index contributed by atoms with van der Waals surface area (Å²) >= 11 is 0. The summed E-state index contributed by atoms with van der Waals surface area (Å²) in [4.78, 5) is 4.50. The molecule has 0 bridgehead atoms. The van der Waals surface area contributed by atoms with Gasteiger partial charge in [-0.1, -0.05) is 0 Å². The lowest BCUT2D eigenvalue weighted by molar-refractivity contribution is -1.09. The molecule has 2 N–H and O–H groups in total. The van der Waals surface area contributed by atoms with Crippen LogP contribution in [0, 0.1) is 5.21 Å². The first kappa shape index (κ1) is 8.84. The van der Waals surface area contributed by atoms with Crippen LogP contribution in [0.5, 0.6) is 0 Å². The number of hydroxylamine groups is 2. The summed E-state index contributed by atoms with van der Waals surface area (Å²) in [6, 6.07) is 0. The van der Waals surface area contributed by atoms with Crippen LogP contribution >= 0.6 is 0 Å². The van der Waals surface area contributed by atoms with Gasteiger partial charge < -0.3 is 5.21 Å². The van der Waals surface area contributed by atoms with Crippen LogP contribution in [-0.2, 0) is 4.84 Å². The SMILES string of the molecule is CNC(C)(C)[NH+]([O-])OC. The van der Waals surface area contributed by atoms with Gasteiger partial charge in [0.25, 0.3) is 0 Å². The van der Waals surface area contributed by atoms with Crippen molar-refractivity contribution in [3.8, 4) is 0 Å². The Bertz CT molecular complexity index is 85.0. The van der Waals surface area contributed by atoms with Crippen LogP contribution in [0.3, 0.4) is 0 Å². The van der Waals surface area contributed by atoms with E-state index in [-0.39, 0.29) is 5.23 Å². The first-order valence-electron chi connectivity index (χ1n) is 2.82. The van der Waals surface area contributed by atoms with Crippen molar-refractivity contribution >= 4 is 0 Å². The lowest BCUT2D eigenvalue weighted by Gasteiger charge is -2.33. The van der Waals surface area contributed by atoms with Gasteiger partial charge in [0.05, 0.1) is 7.11 Å². The number of hydrogen-bond acceptors (Lipinski definition) is 3. The van der Waals surface area contributed by atoms with Gasteiger partial charge in [-0.25, -0.2) is 10.1 Å². The molecule has 0 amide bonds. The van der Waals surface area contributed by atoms with Crippen LogP contribution in [0.15, 0.2) is 0 Å². The topological polar surface area (TPSA) is 48.8 Å². The average molecular weight is 134 g/mol. The summed E-state index contributed by atoms with van der Waals surface area (Å²) in [5.41, 5.74) is -0.561. The minimum Gasteiger partial charge on any atom is -0.598 e. The van der Waals surface area contributed by atoms with Crippen molar-refractivity contribution in [2.75, 3.05) is 14.2 Å². The molecular weight excluding hydrogens is 120 g/mol. The van der Waals surface area contributed by atoms with Gasteiger partial charge in [0.15, 0.2) is 5.66 Å². The zero-order valence-corrected chi connectivity index (χ0v) is 6.32. The van der Waals surface area contributed by atoms with Crippen molar-refractivity contribution in [1.82, 2.24) is 5.32 Å². The Balaban J connectivity index is 3.80. The summed E-state index contributed by atoms with van der Waals surface area (Å²) in [6.45, 7) is 3.53. The molecule has 56 valence electrons. The largest absolute Gasteiger partial charge is 0.598 e. The van der Waals surface area contributed by atoms with Crippen LogP contribution < -0.4 is 10.5 Å². The monoisotopic (exact) mass is 134 g/mol. The van der Waals surface area contributed by atoms with E-state index in [2.05, 4.69) is 10.2 Å². The van der Waals surface area contributed by atoms with Gasteiger partial charge in [0, 0.05) is 13.8 Å². The molecule has 4 heteroatoms. The van der Waals surface area contributed by atoms with Crippen molar-refractivity contribution in [1.29, 1.82) is 0 Å². The Morgan fingerprint density at radius 2 is 2.00 bits per heavy atom. The minimum atomic E-state index is -0.561. The maximum atomic E-state index is 10.8. The molecule has 0 aromatic rings. The van der Waals surface area contributed by atoms with E-state index in [1.807, 2.05) is 0 Å². The molecule has 1 atom stereocenters. The van der Waals surface area contributed by atoms with Crippen LogP contribution in [-0.4, -0.2) is 19.8 Å². The van der Waals surface area contributed by atoms with Gasteiger partial charge >= 0.3 is 0 Å². The van der Waals surface area contributed by atoms with Gasteiger partial charge in [-0.05, 0) is 7.05 Å². The number of rotatable bonds is 3. The van der Waals surface area contributed by atoms with Crippen molar-refractivity contribution in [3.05, 3.63) is 5.21 Å². The van der Waals surface area contributed by atoms with Gasteiger partial charge in [0.2, 0.25) is 0 Å². The Kier molecular flexibility index (Phi) is 3.07. The maximum absolute atomic E-state index is 10.8. The second-order valence-electron chi connectivity index (χ2n) is 2.37. The Morgan fingerprint density at radius 1 is 1.56 bits per heavy atom. The molecule has 0 aliphatic carbocycles. The van der Waals surface area contributed by atoms with E-state index in [4.69, 9.17) is 0 Å². The van der Waals surface area contributed by atoms with E-state index in [9.17, 15) is 5.21 Å². The molecule has 0 radical (unpaired) electrons. The summed E-state index contributed by atoms with van der Waals surface area (Å²) < 4.78 is 0. The third-order valence-corrected chi connectivity index (χ3v) is 1.32. The molecular formula is C5H14N2O2. The molecule has 9 heavy (non-hydrogen) atoms. The normalized spacial score (nSPS) is 15.7.